The number of fused-ring (bicyclic) bond motifs is 1. The maximum Gasteiger partial charge on any atom is 0.180 e. The molecule has 1 N–H and O–H groups in total. The molecule has 0 atom stereocenters. The predicted molar refractivity (Wildman–Crippen MR) is 71.4 cm³/mol. The van der Waals surface area contributed by atoms with Crippen molar-refractivity contribution in [3.05, 3.63) is 36.7 Å². The van der Waals surface area contributed by atoms with Crippen LogP contribution in [0.15, 0.2) is 36.7 Å². The van der Waals surface area contributed by atoms with Gasteiger partial charge in [-0.1, -0.05) is 0 Å². The third-order valence-corrected chi connectivity index (χ3v) is 2.72. The Balaban J connectivity index is 2.11. The van der Waals surface area contributed by atoms with Gasteiger partial charge >= 0.3 is 0 Å². The van der Waals surface area contributed by atoms with Crippen molar-refractivity contribution in [3.63, 3.8) is 0 Å². The van der Waals surface area contributed by atoms with Crippen molar-refractivity contribution in [1.82, 2.24) is 19.9 Å². The third-order valence-electron chi connectivity index (χ3n) is 2.72. The Morgan fingerprint density at radius 3 is 2.72 bits per heavy atom. The summed E-state index contributed by atoms with van der Waals surface area (Å²) in [6.45, 7) is 0. The zero-order valence-corrected chi connectivity index (χ0v) is 10.3. The topological polar surface area (TPSA) is 57.7 Å². The first-order chi connectivity index (χ1) is 8.74. The fraction of sp³-hybridized carbons (Fsp3) is 0.154. The quantitative estimate of drug-likeness (QED) is 0.744. The molecule has 0 amide bonds. The molecule has 18 heavy (non-hydrogen) atoms. The van der Waals surface area contributed by atoms with E-state index in [1.165, 1.54) is 0 Å². The van der Waals surface area contributed by atoms with E-state index in [1.807, 2.05) is 43.3 Å². The third kappa shape index (κ3) is 1.79. The minimum atomic E-state index is 0.722. The summed E-state index contributed by atoms with van der Waals surface area (Å²) in [6.07, 6.45) is 3.53. The molecular formula is C13H13N5. The van der Waals surface area contributed by atoms with Gasteiger partial charge in [0.2, 0.25) is 0 Å². The van der Waals surface area contributed by atoms with E-state index in [2.05, 4.69) is 19.9 Å². The molecule has 0 radical (unpaired) electrons. The minimum absolute atomic E-state index is 0.722. The van der Waals surface area contributed by atoms with E-state index in [1.54, 1.807) is 12.4 Å². The van der Waals surface area contributed by atoms with Crippen LogP contribution in [-0.4, -0.2) is 34.0 Å². The van der Waals surface area contributed by atoms with Crippen LogP contribution in [0.3, 0.4) is 0 Å². The molecule has 0 saturated heterocycles. The lowest BCUT2D eigenvalue weighted by Gasteiger charge is -2.09. The molecule has 3 aromatic heterocycles. The first-order valence-electron chi connectivity index (χ1n) is 5.68. The summed E-state index contributed by atoms with van der Waals surface area (Å²) < 4.78 is 0. The van der Waals surface area contributed by atoms with Crippen molar-refractivity contribution >= 4 is 17.0 Å². The Morgan fingerprint density at radius 2 is 2.00 bits per heavy atom. The number of H-pyrrole nitrogens is 1. The Kier molecular flexibility index (Phi) is 2.44. The molecule has 3 heterocycles. The van der Waals surface area contributed by atoms with Crippen LogP contribution in [0.1, 0.15) is 0 Å². The van der Waals surface area contributed by atoms with Crippen LogP contribution in [0.2, 0.25) is 0 Å². The molecular weight excluding hydrogens is 226 g/mol. The summed E-state index contributed by atoms with van der Waals surface area (Å²) in [6, 6.07) is 7.82. The van der Waals surface area contributed by atoms with Gasteiger partial charge in [0.1, 0.15) is 11.6 Å². The van der Waals surface area contributed by atoms with Gasteiger partial charge in [-0.15, -0.1) is 0 Å². The lowest BCUT2D eigenvalue weighted by Crippen LogP contribution is -2.10. The smallest absolute Gasteiger partial charge is 0.180 e. The molecule has 5 nitrogen and oxygen atoms in total. The molecule has 0 fully saturated rings. The van der Waals surface area contributed by atoms with E-state index in [0.29, 0.717) is 0 Å². The van der Waals surface area contributed by atoms with Crippen molar-refractivity contribution in [2.75, 3.05) is 19.0 Å². The molecule has 0 aliphatic carbocycles. The summed E-state index contributed by atoms with van der Waals surface area (Å²) in [7, 11) is 3.92. The molecule has 0 aliphatic heterocycles. The van der Waals surface area contributed by atoms with Crippen LogP contribution in [-0.2, 0) is 0 Å². The van der Waals surface area contributed by atoms with Gasteiger partial charge < -0.3 is 9.88 Å². The van der Waals surface area contributed by atoms with Crippen LogP contribution in [0.25, 0.3) is 22.6 Å². The maximum atomic E-state index is 4.49. The van der Waals surface area contributed by atoms with Gasteiger partial charge in [-0.25, -0.2) is 9.97 Å². The molecule has 0 saturated carbocycles. The second-order valence-corrected chi connectivity index (χ2v) is 4.26. The van der Waals surface area contributed by atoms with Crippen molar-refractivity contribution in [1.29, 1.82) is 0 Å². The Morgan fingerprint density at radius 1 is 1.11 bits per heavy atom. The van der Waals surface area contributed by atoms with E-state index in [4.69, 9.17) is 0 Å². The largest absolute Gasteiger partial charge is 0.363 e. The Bertz CT molecular complexity index is 672. The number of pyridine rings is 2. The number of nitrogens with zero attached hydrogens (tertiary/aromatic N) is 4. The summed E-state index contributed by atoms with van der Waals surface area (Å²) >= 11 is 0. The number of hydrogen-bond acceptors (Lipinski definition) is 4. The Hall–Kier alpha value is -2.43. The molecule has 3 aromatic rings. The number of nitrogens with one attached hydrogen (secondary N) is 1. The molecule has 0 bridgehead atoms. The van der Waals surface area contributed by atoms with Gasteiger partial charge in [0, 0.05) is 32.1 Å². The van der Waals surface area contributed by atoms with Crippen LogP contribution in [0.4, 0.5) is 5.82 Å². The number of anilines is 1. The fourth-order valence-electron chi connectivity index (χ4n) is 1.77. The van der Waals surface area contributed by atoms with E-state index < -0.39 is 0 Å². The van der Waals surface area contributed by atoms with Crippen molar-refractivity contribution in [2.24, 2.45) is 0 Å². The van der Waals surface area contributed by atoms with Crippen LogP contribution in [0, 0.1) is 0 Å². The number of hydrogen-bond donors (Lipinski definition) is 1. The SMILES string of the molecule is CN(C)c1ccc2[nH]c(-c3cccnc3)nc2n1. The fourth-order valence-corrected chi connectivity index (χ4v) is 1.77. The Labute approximate surface area is 105 Å². The summed E-state index contributed by atoms with van der Waals surface area (Å²) in [5.74, 6) is 1.69. The molecule has 0 aliphatic rings. The van der Waals surface area contributed by atoms with E-state index in [-0.39, 0.29) is 0 Å². The van der Waals surface area contributed by atoms with E-state index in [9.17, 15) is 0 Å². The highest BCUT2D eigenvalue weighted by atomic mass is 15.1. The number of aromatic nitrogens is 4. The predicted octanol–water partition coefficient (Wildman–Crippen LogP) is 2.09. The average molecular weight is 239 g/mol. The molecule has 5 heteroatoms. The van der Waals surface area contributed by atoms with Gasteiger partial charge in [0.15, 0.2) is 5.65 Å². The highest BCUT2D eigenvalue weighted by Crippen LogP contribution is 2.20. The molecule has 0 aromatic carbocycles. The normalized spacial score (nSPS) is 10.8. The lowest BCUT2D eigenvalue weighted by molar-refractivity contribution is 1.08. The lowest BCUT2D eigenvalue weighted by atomic mass is 10.3. The number of rotatable bonds is 2. The standard InChI is InChI=1S/C13H13N5/c1-18(2)11-6-5-10-13(16-11)17-12(15-10)9-4-3-7-14-8-9/h3-8H,1-2H3,(H,15,16,17). The summed E-state index contributed by atoms with van der Waals surface area (Å²) in [5, 5.41) is 0. The molecule has 90 valence electrons. The maximum absolute atomic E-state index is 4.49. The second kappa shape index (κ2) is 4.10. The number of imidazole rings is 1. The first-order valence-corrected chi connectivity index (χ1v) is 5.68. The van der Waals surface area contributed by atoms with Gasteiger partial charge in [-0.05, 0) is 24.3 Å². The minimum Gasteiger partial charge on any atom is -0.363 e. The monoisotopic (exact) mass is 239 g/mol. The van der Waals surface area contributed by atoms with Crippen LogP contribution >= 0.6 is 0 Å². The molecule has 3 rings (SSSR count). The van der Waals surface area contributed by atoms with Crippen molar-refractivity contribution in [2.45, 2.75) is 0 Å². The molecule has 0 unspecified atom stereocenters. The zero-order chi connectivity index (χ0) is 12.5. The molecule has 0 spiro atoms. The summed E-state index contributed by atoms with van der Waals surface area (Å²) in [4.78, 5) is 18.3. The van der Waals surface area contributed by atoms with Gasteiger partial charge in [0.25, 0.3) is 0 Å². The van der Waals surface area contributed by atoms with Crippen LogP contribution in [0.5, 0.6) is 0 Å². The highest BCUT2D eigenvalue weighted by molar-refractivity contribution is 5.77. The summed E-state index contributed by atoms with van der Waals surface area (Å²) in [5.41, 5.74) is 2.61. The van der Waals surface area contributed by atoms with E-state index >= 15 is 0 Å². The number of aromatic amines is 1. The zero-order valence-electron chi connectivity index (χ0n) is 10.3. The van der Waals surface area contributed by atoms with Gasteiger partial charge in [-0.3, -0.25) is 4.98 Å². The highest BCUT2D eigenvalue weighted by Gasteiger charge is 2.07. The van der Waals surface area contributed by atoms with Crippen LogP contribution < -0.4 is 4.90 Å². The average Bonchev–Trinajstić information content (AvgIpc) is 2.82. The first kappa shape index (κ1) is 10.7. The van der Waals surface area contributed by atoms with Crippen molar-refractivity contribution < 1.29 is 0 Å². The van der Waals surface area contributed by atoms with Gasteiger partial charge in [-0.2, -0.15) is 0 Å². The van der Waals surface area contributed by atoms with E-state index in [0.717, 1.165) is 28.4 Å². The van der Waals surface area contributed by atoms with Gasteiger partial charge in [0.05, 0.1) is 5.52 Å². The van der Waals surface area contributed by atoms with Crippen molar-refractivity contribution in [3.8, 4) is 11.4 Å². The second-order valence-electron chi connectivity index (χ2n) is 4.26.